The maximum Gasteiger partial charge on any atom is 0.239 e. The predicted molar refractivity (Wildman–Crippen MR) is 83.7 cm³/mol. The first-order valence-electron chi connectivity index (χ1n) is 6.66. The zero-order chi connectivity index (χ0) is 16.2. The molecule has 116 valence electrons. The molecule has 0 aliphatic heterocycles. The van der Waals surface area contributed by atoms with E-state index < -0.39 is 33.1 Å². The second-order valence-corrected chi connectivity index (χ2v) is 7.11. The van der Waals surface area contributed by atoms with E-state index in [1.54, 1.807) is 24.3 Å². The Morgan fingerprint density at radius 1 is 1.14 bits per heavy atom. The van der Waals surface area contributed by atoms with Gasteiger partial charge in [0.05, 0.1) is 5.75 Å². The van der Waals surface area contributed by atoms with Crippen LogP contribution in [0.25, 0.3) is 0 Å². The summed E-state index contributed by atoms with van der Waals surface area (Å²) in [5.41, 5.74) is 1.55. The molecule has 0 aliphatic rings. The number of anilines is 1. The third-order valence-corrected chi connectivity index (χ3v) is 4.44. The standard InChI is InChI=1S/C16H16FNO3S/c1-12-5-4-7-14(9-12)18-16(19)11-22(20,21)10-13-6-2-3-8-15(13)17/h2-9H,10-11H2,1H3,(H,18,19). The lowest BCUT2D eigenvalue weighted by molar-refractivity contribution is -0.113. The van der Waals surface area contributed by atoms with Gasteiger partial charge < -0.3 is 5.32 Å². The van der Waals surface area contributed by atoms with Crippen LogP contribution in [-0.4, -0.2) is 20.1 Å². The van der Waals surface area contributed by atoms with Gasteiger partial charge in [-0.1, -0.05) is 30.3 Å². The SMILES string of the molecule is Cc1cccc(NC(=O)CS(=O)(=O)Cc2ccccc2F)c1. The number of carbonyl (C=O) groups is 1. The van der Waals surface area contributed by atoms with E-state index >= 15 is 0 Å². The fourth-order valence-corrected chi connectivity index (χ4v) is 3.30. The highest BCUT2D eigenvalue weighted by atomic mass is 32.2. The molecule has 0 radical (unpaired) electrons. The second-order valence-electron chi connectivity index (χ2n) is 5.04. The minimum Gasteiger partial charge on any atom is -0.325 e. The Morgan fingerprint density at radius 2 is 1.86 bits per heavy atom. The third-order valence-electron chi connectivity index (χ3n) is 2.99. The molecule has 0 saturated heterocycles. The molecule has 2 aromatic carbocycles. The Bertz CT molecular complexity index is 787. The summed E-state index contributed by atoms with van der Waals surface area (Å²) < 4.78 is 37.5. The number of aryl methyl sites for hydroxylation is 1. The maximum absolute atomic E-state index is 13.5. The molecule has 0 bridgehead atoms. The van der Waals surface area contributed by atoms with Crippen LogP contribution in [0.5, 0.6) is 0 Å². The fraction of sp³-hybridized carbons (Fsp3) is 0.188. The van der Waals surface area contributed by atoms with E-state index in [1.807, 2.05) is 13.0 Å². The van der Waals surface area contributed by atoms with Crippen LogP contribution in [0.15, 0.2) is 48.5 Å². The molecule has 0 saturated carbocycles. The zero-order valence-electron chi connectivity index (χ0n) is 12.0. The van der Waals surface area contributed by atoms with Crippen molar-refractivity contribution in [2.24, 2.45) is 0 Å². The topological polar surface area (TPSA) is 63.2 Å². The van der Waals surface area contributed by atoms with E-state index in [9.17, 15) is 17.6 Å². The molecule has 0 aliphatic carbocycles. The number of benzene rings is 2. The molecule has 0 atom stereocenters. The molecule has 0 aromatic heterocycles. The minimum absolute atomic E-state index is 0.0610. The van der Waals surface area contributed by atoms with Gasteiger partial charge in [0.1, 0.15) is 11.6 Å². The summed E-state index contributed by atoms with van der Waals surface area (Å²) in [6, 6.07) is 12.7. The molecule has 22 heavy (non-hydrogen) atoms. The number of carbonyl (C=O) groups excluding carboxylic acids is 1. The Balaban J connectivity index is 2.02. The van der Waals surface area contributed by atoms with Crippen LogP contribution < -0.4 is 5.32 Å². The van der Waals surface area contributed by atoms with Gasteiger partial charge in [0, 0.05) is 11.3 Å². The van der Waals surface area contributed by atoms with Crippen LogP contribution in [0, 0.1) is 12.7 Å². The van der Waals surface area contributed by atoms with Gasteiger partial charge in [-0.25, -0.2) is 12.8 Å². The Labute approximate surface area is 128 Å². The summed E-state index contributed by atoms with van der Waals surface area (Å²) >= 11 is 0. The van der Waals surface area contributed by atoms with Crippen molar-refractivity contribution in [3.05, 3.63) is 65.5 Å². The number of amides is 1. The zero-order valence-corrected chi connectivity index (χ0v) is 12.9. The van der Waals surface area contributed by atoms with Gasteiger partial charge in [-0.3, -0.25) is 4.79 Å². The second kappa shape index (κ2) is 6.70. The third kappa shape index (κ3) is 4.66. The van der Waals surface area contributed by atoms with E-state index in [1.165, 1.54) is 18.2 Å². The van der Waals surface area contributed by atoms with Gasteiger partial charge in [0.25, 0.3) is 0 Å². The average molecular weight is 321 g/mol. The van der Waals surface area contributed by atoms with Crippen LogP contribution in [0.3, 0.4) is 0 Å². The van der Waals surface area contributed by atoms with E-state index in [-0.39, 0.29) is 5.56 Å². The van der Waals surface area contributed by atoms with Crippen molar-refractivity contribution in [2.45, 2.75) is 12.7 Å². The molecule has 0 heterocycles. The minimum atomic E-state index is -3.74. The van der Waals surface area contributed by atoms with Gasteiger partial charge in [-0.15, -0.1) is 0 Å². The van der Waals surface area contributed by atoms with Gasteiger partial charge in [-0.05, 0) is 30.7 Å². The molecule has 4 nitrogen and oxygen atoms in total. The van der Waals surface area contributed by atoms with Crippen molar-refractivity contribution >= 4 is 21.4 Å². The van der Waals surface area contributed by atoms with Crippen LogP contribution in [-0.2, 0) is 20.4 Å². The Kier molecular flexibility index (Phi) is 4.92. The van der Waals surface area contributed by atoms with Crippen molar-refractivity contribution in [1.29, 1.82) is 0 Å². The lowest BCUT2D eigenvalue weighted by atomic mass is 10.2. The quantitative estimate of drug-likeness (QED) is 0.921. The number of hydrogen-bond acceptors (Lipinski definition) is 3. The molecule has 1 N–H and O–H groups in total. The van der Waals surface area contributed by atoms with E-state index in [0.717, 1.165) is 5.56 Å². The summed E-state index contributed by atoms with van der Waals surface area (Å²) in [4.78, 5) is 11.8. The molecule has 0 fully saturated rings. The van der Waals surface area contributed by atoms with Gasteiger partial charge in [0.2, 0.25) is 5.91 Å². The van der Waals surface area contributed by atoms with E-state index in [4.69, 9.17) is 0 Å². The van der Waals surface area contributed by atoms with Crippen molar-refractivity contribution in [3.63, 3.8) is 0 Å². The number of hydrogen-bond donors (Lipinski definition) is 1. The van der Waals surface area contributed by atoms with Gasteiger partial charge >= 0.3 is 0 Å². The van der Waals surface area contributed by atoms with Crippen molar-refractivity contribution in [2.75, 3.05) is 11.1 Å². The van der Waals surface area contributed by atoms with Gasteiger partial charge in [0.15, 0.2) is 9.84 Å². The number of halogens is 1. The monoisotopic (exact) mass is 321 g/mol. The molecule has 1 amide bonds. The van der Waals surface area contributed by atoms with Crippen LogP contribution >= 0.6 is 0 Å². The van der Waals surface area contributed by atoms with Crippen LogP contribution in [0.2, 0.25) is 0 Å². The first-order chi connectivity index (χ1) is 10.4. The highest BCUT2D eigenvalue weighted by molar-refractivity contribution is 7.91. The lowest BCUT2D eigenvalue weighted by Gasteiger charge is -2.07. The summed E-state index contributed by atoms with van der Waals surface area (Å²) in [6.07, 6.45) is 0. The highest BCUT2D eigenvalue weighted by Gasteiger charge is 2.19. The van der Waals surface area contributed by atoms with Crippen molar-refractivity contribution < 1.29 is 17.6 Å². The summed E-state index contributed by atoms with van der Waals surface area (Å²) in [5.74, 6) is -2.41. The van der Waals surface area contributed by atoms with E-state index in [2.05, 4.69) is 5.32 Å². The van der Waals surface area contributed by atoms with E-state index in [0.29, 0.717) is 5.69 Å². The molecular weight excluding hydrogens is 305 g/mol. The molecule has 2 aromatic rings. The lowest BCUT2D eigenvalue weighted by Crippen LogP contribution is -2.24. The summed E-state index contributed by atoms with van der Waals surface area (Å²) in [7, 11) is -3.74. The van der Waals surface area contributed by atoms with Crippen molar-refractivity contribution in [1.82, 2.24) is 0 Å². The fourth-order valence-electron chi connectivity index (χ4n) is 2.02. The number of rotatable bonds is 5. The number of nitrogens with one attached hydrogen (secondary N) is 1. The predicted octanol–water partition coefficient (Wildman–Crippen LogP) is 2.69. The largest absolute Gasteiger partial charge is 0.325 e. The average Bonchev–Trinajstić information content (AvgIpc) is 2.40. The smallest absolute Gasteiger partial charge is 0.239 e. The molecule has 2 rings (SSSR count). The Hall–Kier alpha value is -2.21. The molecule has 0 unspecified atom stereocenters. The maximum atomic E-state index is 13.5. The number of sulfone groups is 1. The highest BCUT2D eigenvalue weighted by Crippen LogP contribution is 2.13. The molecular formula is C16H16FNO3S. The first kappa shape index (κ1) is 16.2. The van der Waals surface area contributed by atoms with Gasteiger partial charge in [-0.2, -0.15) is 0 Å². The first-order valence-corrected chi connectivity index (χ1v) is 8.48. The molecule has 6 heteroatoms. The molecule has 0 spiro atoms. The Morgan fingerprint density at radius 3 is 2.55 bits per heavy atom. The van der Waals surface area contributed by atoms with Crippen molar-refractivity contribution in [3.8, 4) is 0 Å². The summed E-state index contributed by atoms with van der Waals surface area (Å²) in [6.45, 7) is 1.87. The van der Waals surface area contributed by atoms with Crippen LogP contribution in [0.4, 0.5) is 10.1 Å². The summed E-state index contributed by atoms with van der Waals surface area (Å²) in [5, 5.41) is 2.53. The normalized spacial score (nSPS) is 11.2. The van der Waals surface area contributed by atoms with Crippen LogP contribution in [0.1, 0.15) is 11.1 Å².